The van der Waals surface area contributed by atoms with Crippen LogP contribution in [0.3, 0.4) is 0 Å². The molecule has 0 saturated heterocycles. The fourth-order valence-electron chi connectivity index (χ4n) is 3.69. The van der Waals surface area contributed by atoms with Gasteiger partial charge in [0.2, 0.25) is 0 Å². The quantitative estimate of drug-likeness (QED) is 0.706. The number of hydrogen-bond donors (Lipinski definition) is 0. The van der Waals surface area contributed by atoms with Crippen molar-refractivity contribution in [3.05, 3.63) is 54.2 Å². The lowest BCUT2D eigenvalue weighted by Gasteiger charge is -2.38. The highest BCUT2D eigenvalue weighted by Gasteiger charge is 2.53. The topological polar surface area (TPSA) is 103 Å². The van der Waals surface area contributed by atoms with Crippen molar-refractivity contribution >= 4 is 28.4 Å². The number of anilines is 1. The molecule has 7 nitrogen and oxygen atoms in total. The van der Waals surface area contributed by atoms with Gasteiger partial charge in [0.05, 0.1) is 37.5 Å². The molecule has 2 aromatic rings. The number of nitriles is 2. The second-order valence-corrected chi connectivity index (χ2v) is 6.81. The highest BCUT2D eigenvalue weighted by Crippen LogP contribution is 2.42. The Hall–Kier alpha value is -3.84. The molecule has 0 N–H and O–H groups in total. The molecular formula is C23H21N3O4. The SMILES string of the molecule is CCOC(=O)C1=CN(c2cccc3ccccc23)CC(C#N)(C#N)C1C(=O)OCC. The Kier molecular flexibility index (Phi) is 6.03. The molecule has 0 aliphatic carbocycles. The van der Waals surface area contributed by atoms with Gasteiger partial charge in [0.15, 0.2) is 5.41 Å². The summed E-state index contributed by atoms with van der Waals surface area (Å²) >= 11 is 0. The van der Waals surface area contributed by atoms with Gasteiger partial charge in [-0.25, -0.2) is 4.79 Å². The van der Waals surface area contributed by atoms with E-state index in [1.54, 1.807) is 18.7 Å². The predicted octanol–water partition coefficient (Wildman–Crippen LogP) is 3.32. The summed E-state index contributed by atoms with van der Waals surface area (Å²) in [5.41, 5.74) is -1.18. The normalized spacial score (nSPS) is 17.4. The maximum Gasteiger partial charge on any atom is 0.336 e. The van der Waals surface area contributed by atoms with Crippen LogP contribution in [0.4, 0.5) is 5.69 Å². The molecule has 3 rings (SSSR count). The summed E-state index contributed by atoms with van der Waals surface area (Å²) in [6, 6.07) is 17.3. The van der Waals surface area contributed by atoms with E-state index in [-0.39, 0.29) is 25.3 Å². The molecule has 0 bridgehead atoms. The van der Waals surface area contributed by atoms with E-state index in [1.165, 1.54) is 6.20 Å². The third kappa shape index (κ3) is 3.58. The summed E-state index contributed by atoms with van der Waals surface area (Å²) < 4.78 is 10.2. The summed E-state index contributed by atoms with van der Waals surface area (Å²) in [7, 11) is 0. The van der Waals surface area contributed by atoms with E-state index in [4.69, 9.17) is 9.47 Å². The average molecular weight is 403 g/mol. The van der Waals surface area contributed by atoms with Crippen LogP contribution in [0.5, 0.6) is 0 Å². The molecule has 0 fully saturated rings. The zero-order valence-corrected chi connectivity index (χ0v) is 16.8. The first kappa shape index (κ1) is 20.9. The van der Waals surface area contributed by atoms with Gasteiger partial charge in [-0.2, -0.15) is 10.5 Å². The summed E-state index contributed by atoms with van der Waals surface area (Å²) in [6.45, 7) is 3.32. The van der Waals surface area contributed by atoms with E-state index in [9.17, 15) is 20.1 Å². The number of hydrogen-bond acceptors (Lipinski definition) is 7. The third-order valence-electron chi connectivity index (χ3n) is 5.03. The van der Waals surface area contributed by atoms with Crippen LogP contribution in [-0.4, -0.2) is 31.7 Å². The summed E-state index contributed by atoms with van der Waals surface area (Å²) in [5.74, 6) is -2.91. The molecular weight excluding hydrogens is 382 g/mol. The van der Waals surface area contributed by atoms with E-state index < -0.39 is 23.3 Å². The first-order valence-corrected chi connectivity index (χ1v) is 9.63. The largest absolute Gasteiger partial charge is 0.465 e. The van der Waals surface area contributed by atoms with Crippen LogP contribution in [-0.2, 0) is 19.1 Å². The van der Waals surface area contributed by atoms with Crippen molar-refractivity contribution < 1.29 is 19.1 Å². The second kappa shape index (κ2) is 8.67. The number of ether oxygens (including phenoxy) is 2. The Morgan fingerprint density at radius 1 is 1.07 bits per heavy atom. The standard InChI is InChI=1S/C23H21N3O4/c1-3-29-21(27)18-12-26(19-11-7-9-16-8-5-6-10-17(16)19)15-23(13-24,14-25)20(18)22(28)30-4-2/h5-12,20H,3-4,15H2,1-2H3. The van der Waals surface area contributed by atoms with Crippen molar-refractivity contribution in [1.82, 2.24) is 0 Å². The van der Waals surface area contributed by atoms with Crippen molar-refractivity contribution in [2.45, 2.75) is 13.8 Å². The van der Waals surface area contributed by atoms with Crippen molar-refractivity contribution in [2.24, 2.45) is 11.3 Å². The number of rotatable bonds is 5. The molecule has 1 unspecified atom stereocenters. The minimum atomic E-state index is -1.82. The molecule has 0 radical (unpaired) electrons. The van der Waals surface area contributed by atoms with Crippen molar-refractivity contribution in [1.29, 1.82) is 10.5 Å². The molecule has 30 heavy (non-hydrogen) atoms. The summed E-state index contributed by atoms with van der Waals surface area (Å²) in [4.78, 5) is 27.1. The molecule has 1 aliphatic rings. The highest BCUT2D eigenvalue weighted by atomic mass is 16.5. The monoisotopic (exact) mass is 403 g/mol. The molecule has 152 valence electrons. The Morgan fingerprint density at radius 2 is 1.73 bits per heavy atom. The summed E-state index contributed by atoms with van der Waals surface area (Å²) in [5, 5.41) is 21.8. The number of nitrogens with zero attached hydrogens (tertiary/aromatic N) is 3. The van der Waals surface area contributed by atoms with Crippen LogP contribution in [0, 0.1) is 34.0 Å². The number of fused-ring (bicyclic) bond motifs is 1. The number of benzene rings is 2. The van der Waals surface area contributed by atoms with E-state index >= 15 is 0 Å². The van der Waals surface area contributed by atoms with Gasteiger partial charge in [-0.15, -0.1) is 0 Å². The zero-order chi connectivity index (χ0) is 21.7. The first-order valence-electron chi connectivity index (χ1n) is 9.63. The van der Waals surface area contributed by atoms with Gasteiger partial charge < -0.3 is 14.4 Å². The minimum absolute atomic E-state index is 0.0609. The fourth-order valence-corrected chi connectivity index (χ4v) is 3.69. The Bertz CT molecular complexity index is 1070. The van der Waals surface area contributed by atoms with E-state index in [0.717, 1.165) is 10.8 Å². The average Bonchev–Trinajstić information content (AvgIpc) is 2.78. The minimum Gasteiger partial charge on any atom is -0.465 e. The van der Waals surface area contributed by atoms with Crippen LogP contribution >= 0.6 is 0 Å². The van der Waals surface area contributed by atoms with Crippen LogP contribution in [0.15, 0.2) is 54.2 Å². The first-order chi connectivity index (χ1) is 14.5. The van der Waals surface area contributed by atoms with Crippen molar-refractivity contribution in [3.63, 3.8) is 0 Å². The number of esters is 2. The lowest BCUT2D eigenvalue weighted by molar-refractivity contribution is -0.152. The van der Waals surface area contributed by atoms with Gasteiger partial charge in [-0.3, -0.25) is 4.79 Å². The third-order valence-corrected chi connectivity index (χ3v) is 5.03. The Labute approximate surface area is 174 Å². The fraction of sp³-hybridized carbons (Fsp3) is 0.304. The maximum absolute atomic E-state index is 12.7. The Morgan fingerprint density at radius 3 is 2.40 bits per heavy atom. The van der Waals surface area contributed by atoms with Gasteiger partial charge in [-0.05, 0) is 25.3 Å². The molecule has 2 aromatic carbocycles. The maximum atomic E-state index is 12.7. The van der Waals surface area contributed by atoms with Gasteiger partial charge in [0.25, 0.3) is 0 Å². The molecule has 0 saturated carbocycles. The van der Waals surface area contributed by atoms with Gasteiger partial charge >= 0.3 is 11.9 Å². The van der Waals surface area contributed by atoms with Crippen LogP contribution in [0.2, 0.25) is 0 Å². The molecule has 7 heteroatoms. The van der Waals surface area contributed by atoms with E-state index in [2.05, 4.69) is 0 Å². The molecule has 1 atom stereocenters. The molecule has 0 spiro atoms. The second-order valence-electron chi connectivity index (χ2n) is 6.81. The highest BCUT2D eigenvalue weighted by molar-refractivity contribution is 6.00. The predicted molar refractivity (Wildman–Crippen MR) is 110 cm³/mol. The molecule has 0 aromatic heterocycles. The van der Waals surface area contributed by atoms with E-state index in [0.29, 0.717) is 5.69 Å². The number of carbonyl (C=O) groups is 2. The molecule has 1 heterocycles. The molecule has 0 amide bonds. The smallest absolute Gasteiger partial charge is 0.336 e. The van der Waals surface area contributed by atoms with Gasteiger partial charge in [0.1, 0.15) is 5.92 Å². The van der Waals surface area contributed by atoms with Crippen molar-refractivity contribution in [3.8, 4) is 12.1 Å². The van der Waals surface area contributed by atoms with Crippen molar-refractivity contribution in [2.75, 3.05) is 24.7 Å². The van der Waals surface area contributed by atoms with Gasteiger partial charge in [0, 0.05) is 17.3 Å². The number of carbonyl (C=O) groups excluding carboxylic acids is 2. The lowest BCUT2D eigenvalue weighted by atomic mass is 9.71. The lowest BCUT2D eigenvalue weighted by Crippen LogP contribution is -2.49. The summed E-state index contributed by atoms with van der Waals surface area (Å²) in [6.07, 6.45) is 1.49. The zero-order valence-electron chi connectivity index (χ0n) is 16.8. The van der Waals surface area contributed by atoms with E-state index in [1.807, 2.05) is 54.6 Å². The van der Waals surface area contributed by atoms with Crippen LogP contribution < -0.4 is 4.90 Å². The Balaban J connectivity index is 2.23. The van der Waals surface area contributed by atoms with Crippen LogP contribution in [0.25, 0.3) is 10.8 Å². The van der Waals surface area contributed by atoms with Gasteiger partial charge in [-0.1, -0.05) is 36.4 Å². The van der Waals surface area contributed by atoms with Crippen LogP contribution in [0.1, 0.15) is 13.8 Å². The molecule has 1 aliphatic heterocycles.